The number of rotatable bonds is 9. The van der Waals surface area contributed by atoms with Crippen molar-refractivity contribution in [2.75, 3.05) is 13.2 Å². The Morgan fingerprint density at radius 2 is 0.947 bits per heavy atom. The molecule has 2 aromatic carbocycles. The molecule has 0 unspecified atom stereocenters. The molecule has 210 valence electrons. The van der Waals surface area contributed by atoms with Crippen LogP contribution in [-0.4, -0.2) is 41.6 Å². The van der Waals surface area contributed by atoms with E-state index in [1.807, 2.05) is 0 Å². The van der Waals surface area contributed by atoms with Crippen molar-refractivity contribution >= 4 is 55.0 Å². The van der Waals surface area contributed by atoms with E-state index in [0.717, 1.165) is 13.8 Å². The fraction of sp³-hybridized carbons (Fsp3) is 0.462. The first-order valence-electron chi connectivity index (χ1n) is 11.6. The standard InChI is InChI=1S/C26H32Cl2O8S2/c1-15(29)21-19(27)11-9-17(23(21)37(31,32)35-13-25(3,4)5)18-10-12-20(28)22(16(2)30)24(18)38(33,34)36-14-26(6,7)8/h9-12H,13-14H2,1-8H3. The molecule has 0 bridgehead atoms. The van der Waals surface area contributed by atoms with E-state index in [1.54, 1.807) is 41.5 Å². The second-order valence-electron chi connectivity index (χ2n) is 11.3. The van der Waals surface area contributed by atoms with Gasteiger partial charge in [0, 0.05) is 11.1 Å². The molecule has 0 fully saturated rings. The number of carbonyl (C=O) groups is 2. The summed E-state index contributed by atoms with van der Waals surface area (Å²) >= 11 is 12.5. The Hall–Kier alpha value is -1.82. The van der Waals surface area contributed by atoms with Crippen molar-refractivity contribution in [3.05, 3.63) is 45.4 Å². The van der Waals surface area contributed by atoms with Crippen LogP contribution in [0.3, 0.4) is 0 Å². The van der Waals surface area contributed by atoms with Crippen LogP contribution in [0.15, 0.2) is 34.1 Å². The fourth-order valence-corrected chi connectivity index (χ4v) is 7.19. The topological polar surface area (TPSA) is 121 Å². The number of carbonyl (C=O) groups excluding carboxylic acids is 2. The molecular weight excluding hydrogens is 575 g/mol. The molecule has 0 aliphatic carbocycles. The van der Waals surface area contributed by atoms with E-state index >= 15 is 0 Å². The van der Waals surface area contributed by atoms with Gasteiger partial charge < -0.3 is 0 Å². The van der Waals surface area contributed by atoms with E-state index in [1.165, 1.54) is 24.3 Å². The zero-order valence-electron chi connectivity index (χ0n) is 22.6. The molecule has 0 heterocycles. The van der Waals surface area contributed by atoms with Gasteiger partial charge in [0.05, 0.1) is 34.4 Å². The number of hydrogen-bond acceptors (Lipinski definition) is 8. The van der Waals surface area contributed by atoms with Gasteiger partial charge in [0.2, 0.25) is 0 Å². The normalized spacial score (nSPS) is 13.0. The quantitative estimate of drug-likeness (QED) is 0.232. The second kappa shape index (κ2) is 11.3. The molecule has 2 aromatic rings. The van der Waals surface area contributed by atoms with Crippen molar-refractivity contribution in [2.24, 2.45) is 10.8 Å². The molecule has 0 amide bonds. The molecule has 38 heavy (non-hydrogen) atoms. The van der Waals surface area contributed by atoms with Gasteiger partial charge in [0.15, 0.2) is 11.6 Å². The van der Waals surface area contributed by atoms with Crippen LogP contribution in [0.2, 0.25) is 10.0 Å². The number of halogens is 2. The average molecular weight is 608 g/mol. The van der Waals surface area contributed by atoms with Gasteiger partial charge in [0.1, 0.15) is 9.79 Å². The van der Waals surface area contributed by atoms with Crippen molar-refractivity contribution in [2.45, 2.75) is 65.2 Å². The molecule has 0 saturated heterocycles. The Morgan fingerprint density at radius 1 is 0.658 bits per heavy atom. The van der Waals surface area contributed by atoms with Crippen molar-refractivity contribution in [1.82, 2.24) is 0 Å². The maximum Gasteiger partial charge on any atom is 0.298 e. The van der Waals surface area contributed by atoms with E-state index in [2.05, 4.69) is 0 Å². The highest BCUT2D eigenvalue weighted by molar-refractivity contribution is 7.87. The Kier molecular flexibility index (Phi) is 9.67. The van der Waals surface area contributed by atoms with Gasteiger partial charge in [-0.05, 0) is 36.8 Å². The van der Waals surface area contributed by atoms with E-state index in [4.69, 9.17) is 31.6 Å². The third-order valence-electron chi connectivity index (χ3n) is 5.00. The van der Waals surface area contributed by atoms with Crippen molar-refractivity contribution in [3.8, 4) is 11.1 Å². The third-order valence-corrected chi connectivity index (χ3v) is 8.34. The maximum absolute atomic E-state index is 13.5. The number of benzene rings is 2. The summed E-state index contributed by atoms with van der Waals surface area (Å²) in [6.07, 6.45) is 0. The first-order valence-corrected chi connectivity index (χ1v) is 15.1. The summed E-state index contributed by atoms with van der Waals surface area (Å²) in [5.41, 5.74) is -2.33. The summed E-state index contributed by atoms with van der Waals surface area (Å²) in [4.78, 5) is 24.0. The molecule has 2 rings (SSSR count). The number of hydrogen-bond donors (Lipinski definition) is 0. The summed E-state index contributed by atoms with van der Waals surface area (Å²) in [6, 6.07) is 5.03. The molecule has 0 saturated carbocycles. The minimum absolute atomic E-state index is 0.173. The number of Topliss-reactive ketones (excluding diaryl/α,β-unsaturated/α-hetero) is 2. The molecule has 0 aliphatic rings. The molecule has 8 nitrogen and oxygen atoms in total. The van der Waals surface area contributed by atoms with E-state index in [0.29, 0.717) is 0 Å². The smallest absolute Gasteiger partial charge is 0.294 e. The lowest BCUT2D eigenvalue weighted by Gasteiger charge is -2.23. The van der Waals surface area contributed by atoms with Gasteiger partial charge in [-0.25, -0.2) is 0 Å². The maximum atomic E-state index is 13.5. The summed E-state index contributed by atoms with van der Waals surface area (Å²) in [6.45, 7) is 12.3. The van der Waals surface area contributed by atoms with E-state index < -0.39 is 52.4 Å². The van der Waals surface area contributed by atoms with Crippen molar-refractivity contribution < 1.29 is 34.8 Å². The summed E-state index contributed by atoms with van der Waals surface area (Å²) in [5.74, 6) is -1.38. The lowest BCUT2D eigenvalue weighted by atomic mass is 9.98. The lowest BCUT2D eigenvalue weighted by Crippen LogP contribution is -2.22. The largest absolute Gasteiger partial charge is 0.298 e. The van der Waals surface area contributed by atoms with Crippen LogP contribution in [0.4, 0.5) is 0 Å². The third kappa shape index (κ3) is 7.64. The van der Waals surface area contributed by atoms with Gasteiger partial charge in [0.25, 0.3) is 20.2 Å². The average Bonchev–Trinajstić information content (AvgIpc) is 2.75. The molecule has 12 heteroatoms. The highest BCUT2D eigenvalue weighted by Gasteiger charge is 2.35. The molecule has 0 spiro atoms. The molecular formula is C26H32Cl2O8S2. The van der Waals surface area contributed by atoms with Crippen LogP contribution >= 0.6 is 23.2 Å². The Morgan fingerprint density at radius 3 is 1.18 bits per heavy atom. The number of ketones is 2. The van der Waals surface area contributed by atoms with Gasteiger partial charge in [-0.15, -0.1) is 0 Å². The minimum atomic E-state index is -4.67. The van der Waals surface area contributed by atoms with Gasteiger partial charge in [-0.3, -0.25) is 18.0 Å². The highest BCUT2D eigenvalue weighted by atomic mass is 35.5. The van der Waals surface area contributed by atoms with Gasteiger partial charge in [-0.2, -0.15) is 16.8 Å². The summed E-state index contributed by atoms with van der Waals surface area (Å²) in [7, 11) is -9.34. The Balaban J connectivity index is 3.07. The van der Waals surface area contributed by atoms with Crippen LogP contribution in [0, 0.1) is 10.8 Å². The first kappa shape index (κ1) is 32.4. The van der Waals surface area contributed by atoms with Crippen LogP contribution in [0.1, 0.15) is 76.1 Å². The van der Waals surface area contributed by atoms with Gasteiger partial charge >= 0.3 is 0 Å². The molecule has 0 N–H and O–H groups in total. The monoisotopic (exact) mass is 606 g/mol. The van der Waals surface area contributed by atoms with Crippen molar-refractivity contribution in [1.29, 1.82) is 0 Å². The minimum Gasteiger partial charge on any atom is -0.294 e. The zero-order chi connectivity index (χ0) is 29.4. The molecule has 0 atom stereocenters. The van der Waals surface area contributed by atoms with Crippen LogP contribution in [0.25, 0.3) is 11.1 Å². The van der Waals surface area contributed by atoms with E-state index in [-0.39, 0.29) is 45.5 Å². The van der Waals surface area contributed by atoms with Crippen molar-refractivity contribution in [3.63, 3.8) is 0 Å². The lowest BCUT2D eigenvalue weighted by molar-refractivity contribution is 0.100. The SMILES string of the molecule is CC(=O)c1c(Cl)ccc(-c2ccc(Cl)c(C(C)=O)c2S(=O)(=O)OCC(C)(C)C)c1S(=O)(=O)OCC(C)(C)C. The van der Waals surface area contributed by atoms with Crippen LogP contribution < -0.4 is 0 Å². The van der Waals surface area contributed by atoms with Gasteiger partial charge in [-0.1, -0.05) is 76.9 Å². The Bertz CT molecular complexity index is 1370. The highest BCUT2D eigenvalue weighted by Crippen LogP contribution is 2.42. The Labute approximate surface area is 234 Å². The second-order valence-corrected chi connectivity index (χ2v) is 15.2. The predicted octanol–water partition coefficient (Wildman–Crippen LogP) is 6.57. The zero-order valence-corrected chi connectivity index (χ0v) is 25.7. The van der Waals surface area contributed by atoms with Crippen LogP contribution in [-0.2, 0) is 28.6 Å². The summed E-state index contributed by atoms with van der Waals surface area (Å²) < 4.78 is 64.8. The molecule has 0 aromatic heterocycles. The first-order chi connectivity index (χ1) is 17.1. The molecule has 0 radical (unpaired) electrons. The summed E-state index contributed by atoms with van der Waals surface area (Å²) in [5, 5.41) is -0.346. The van der Waals surface area contributed by atoms with Crippen LogP contribution in [0.5, 0.6) is 0 Å². The predicted molar refractivity (Wildman–Crippen MR) is 147 cm³/mol. The van der Waals surface area contributed by atoms with E-state index in [9.17, 15) is 26.4 Å². The fourth-order valence-electron chi connectivity index (χ4n) is 3.34. The molecule has 0 aliphatic heterocycles.